The van der Waals surface area contributed by atoms with E-state index in [1.54, 1.807) is 0 Å². The number of hydrogen-bond donors (Lipinski definition) is 0. The maximum absolute atomic E-state index is 3.81. The number of unbranched alkanes of at least 4 members (excludes halogenated alkanes) is 2. The van der Waals surface area contributed by atoms with Crippen LogP contribution in [0.2, 0.25) is 0 Å². The van der Waals surface area contributed by atoms with Gasteiger partial charge in [0.15, 0.2) is 0 Å². The largest absolute Gasteiger partial charge is 0.0654 e. The van der Waals surface area contributed by atoms with E-state index < -0.39 is 0 Å². The first-order valence-corrected chi connectivity index (χ1v) is 9.00. The fraction of sp³-hybridized carbons (Fsp3) is 0.500. The summed E-state index contributed by atoms with van der Waals surface area (Å²) >= 11 is 3.81. The van der Waals surface area contributed by atoms with Gasteiger partial charge in [0.25, 0.3) is 0 Å². The minimum Gasteiger partial charge on any atom is -0.0654 e. The summed E-state index contributed by atoms with van der Waals surface area (Å²) < 4.78 is 0. The molecule has 0 radical (unpaired) electrons. The zero-order valence-electron chi connectivity index (χ0n) is 8.75. The smallest absolute Gasteiger partial charge is 0.00254 e. The molecule has 1 aromatic rings. The zero-order chi connectivity index (χ0) is 10.2. The van der Waals surface area contributed by atoms with E-state index in [9.17, 15) is 0 Å². The van der Waals surface area contributed by atoms with Crippen molar-refractivity contribution in [3.63, 3.8) is 0 Å². The Morgan fingerprint density at radius 2 is 1.86 bits per heavy atom. The Balaban J connectivity index is 2.23. The Kier molecular flexibility index (Phi) is 6.47. The fourth-order valence-corrected chi connectivity index (χ4v) is 4.35. The summed E-state index contributed by atoms with van der Waals surface area (Å²) in [6, 6.07) is 10.8. The normalized spacial score (nSPS) is 12.7. The molecule has 0 bridgehead atoms. The molecule has 78 valence electrons. The third kappa shape index (κ3) is 5.12. The molecule has 0 aliphatic heterocycles. The lowest BCUT2D eigenvalue weighted by Gasteiger charge is -2.09. The topological polar surface area (TPSA) is 0 Å². The monoisotopic (exact) mass is 272 g/mol. The van der Waals surface area contributed by atoms with Gasteiger partial charge in [0.05, 0.1) is 0 Å². The van der Waals surface area contributed by atoms with Crippen LogP contribution in [0, 0.1) is 0 Å². The highest BCUT2D eigenvalue weighted by atomic mass is 79.9. The number of rotatable bonds is 6. The molecule has 0 aliphatic rings. The summed E-state index contributed by atoms with van der Waals surface area (Å²) in [5.74, 6) is 0. The molecular formula is C12H18BrP. The molecule has 1 atom stereocenters. The van der Waals surface area contributed by atoms with Gasteiger partial charge in [0.1, 0.15) is 0 Å². The van der Waals surface area contributed by atoms with Crippen LogP contribution < -0.4 is 0 Å². The van der Waals surface area contributed by atoms with Crippen molar-refractivity contribution in [3.8, 4) is 0 Å². The van der Waals surface area contributed by atoms with E-state index in [2.05, 4.69) is 52.7 Å². The maximum atomic E-state index is 3.81. The maximum Gasteiger partial charge on any atom is 0.00254 e. The third-order valence-electron chi connectivity index (χ3n) is 2.20. The SMILES string of the molecule is CCCCCP(Br)Cc1ccccc1. The van der Waals surface area contributed by atoms with Gasteiger partial charge in [-0.2, -0.15) is 0 Å². The van der Waals surface area contributed by atoms with Crippen LogP contribution in [-0.2, 0) is 6.16 Å². The van der Waals surface area contributed by atoms with Crippen LogP contribution in [0.25, 0.3) is 0 Å². The first kappa shape index (κ1) is 12.2. The van der Waals surface area contributed by atoms with Crippen molar-refractivity contribution in [2.45, 2.75) is 32.3 Å². The Labute approximate surface area is 96.6 Å². The van der Waals surface area contributed by atoms with Gasteiger partial charge < -0.3 is 0 Å². The van der Waals surface area contributed by atoms with Gasteiger partial charge in [-0.3, -0.25) is 0 Å². The van der Waals surface area contributed by atoms with Gasteiger partial charge in [-0.1, -0.05) is 65.6 Å². The van der Waals surface area contributed by atoms with E-state index in [1.807, 2.05) is 0 Å². The van der Waals surface area contributed by atoms with Crippen LogP contribution in [0.3, 0.4) is 0 Å². The summed E-state index contributed by atoms with van der Waals surface area (Å²) in [4.78, 5) is 0. The van der Waals surface area contributed by atoms with Crippen molar-refractivity contribution < 1.29 is 0 Å². The molecule has 0 aliphatic carbocycles. The first-order valence-electron chi connectivity index (χ1n) is 5.27. The second-order valence-corrected chi connectivity index (χ2v) is 8.24. The average Bonchev–Trinajstić information content (AvgIpc) is 2.20. The van der Waals surface area contributed by atoms with Gasteiger partial charge in [0.2, 0.25) is 0 Å². The van der Waals surface area contributed by atoms with Crippen molar-refractivity contribution in [2.75, 3.05) is 6.16 Å². The van der Waals surface area contributed by atoms with Crippen molar-refractivity contribution in [1.82, 2.24) is 0 Å². The molecular weight excluding hydrogens is 255 g/mol. The summed E-state index contributed by atoms with van der Waals surface area (Å²) in [5.41, 5.74) is 1.46. The Bertz CT molecular complexity index is 235. The lowest BCUT2D eigenvalue weighted by atomic mass is 10.2. The van der Waals surface area contributed by atoms with E-state index in [0.29, 0.717) is 0 Å². The molecule has 1 unspecified atom stereocenters. The molecule has 0 fully saturated rings. The predicted octanol–water partition coefficient (Wildman–Crippen LogP) is 5.17. The van der Waals surface area contributed by atoms with Crippen LogP contribution in [0.5, 0.6) is 0 Å². The molecule has 0 nitrogen and oxygen atoms in total. The van der Waals surface area contributed by atoms with Gasteiger partial charge in [0, 0.05) is 6.16 Å². The van der Waals surface area contributed by atoms with Crippen LogP contribution in [0.4, 0.5) is 0 Å². The second-order valence-electron chi connectivity index (χ2n) is 3.54. The highest BCUT2D eigenvalue weighted by Gasteiger charge is 2.03. The second kappa shape index (κ2) is 7.43. The molecule has 0 saturated carbocycles. The highest BCUT2D eigenvalue weighted by Crippen LogP contribution is 2.48. The zero-order valence-corrected chi connectivity index (χ0v) is 11.2. The first-order chi connectivity index (χ1) is 6.83. The quantitative estimate of drug-likeness (QED) is 0.495. The van der Waals surface area contributed by atoms with E-state index in [0.717, 1.165) is 0 Å². The highest BCUT2D eigenvalue weighted by molar-refractivity contribution is 9.39. The molecule has 0 spiro atoms. The molecule has 0 aromatic heterocycles. The Morgan fingerprint density at radius 1 is 1.14 bits per heavy atom. The fourth-order valence-electron chi connectivity index (χ4n) is 1.39. The standard InChI is InChI=1S/C12H18BrP/c1-2-3-7-10-14(13)11-12-8-5-4-6-9-12/h4-6,8-9H,2-3,7,10-11H2,1H3. The third-order valence-corrected chi connectivity index (χ3v) is 5.53. The van der Waals surface area contributed by atoms with Crippen LogP contribution in [0.15, 0.2) is 30.3 Å². The van der Waals surface area contributed by atoms with E-state index >= 15 is 0 Å². The molecule has 1 rings (SSSR count). The van der Waals surface area contributed by atoms with Crippen molar-refractivity contribution >= 4 is 22.1 Å². The molecule has 0 saturated heterocycles. The molecule has 1 aromatic carbocycles. The van der Waals surface area contributed by atoms with Crippen molar-refractivity contribution in [1.29, 1.82) is 0 Å². The molecule has 0 N–H and O–H groups in total. The lowest BCUT2D eigenvalue weighted by molar-refractivity contribution is 0.776. The molecule has 14 heavy (non-hydrogen) atoms. The van der Waals surface area contributed by atoms with Crippen LogP contribution >= 0.6 is 22.1 Å². The van der Waals surface area contributed by atoms with Crippen LogP contribution in [-0.4, -0.2) is 6.16 Å². The summed E-state index contributed by atoms with van der Waals surface area (Å²) in [7, 11) is 0. The van der Waals surface area contributed by atoms with Crippen LogP contribution in [0.1, 0.15) is 31.7 Å². The minimum absolute atomic E-state index is 0.0440. The number of halogens is 1. The van der Waals surface area contributed by atoms with Gasteiger partial charge in [-0.15, -0.1) is 0 Å². The Morgan fingerprint density at radius 3 is 2.50 bits per heavy atom. The molecule has 0 heterocycles. The Hall–Kier alpha value is 0.130. The summed E-state index contributed by atoms with van der Waals surface area (Å²) in [5, 5.41) is 0. The van der Waals surface area contributed by atoms with E-state index in [1.165, 1.54) is 37.1 Å². The number of benzene rings is 1. The predicted molar refractivity (Wildman–Crippen MR) is 70.4 cm³/mol. The summed E-state index contributed by atoms with van der Waals surface area (Å²) in [6.45, 7) is 2.30. The van der Waals surface area contributed by atoms with Crippen molar-refractivity contribution in [2.24, 2.45) is 0 Å². The summed E-state index contributed by atoms with van der Waals surface area (Å²) in [6.07, 6.45) is 6.65. The molecule has 2 heteroatoms. The average molecular weight is 273 g/mol. The van der Waals surface area contributed by atoms with Gasteiger partial charge in [-0.05, 0) is 24.8 Å². The van der Waals surface area contributed by atoms with Gasteiger partial charge in [-0.25, -0.2) is 0 Å². The van der Waals surface area contributed by atoms with Gasteiger partial charge >= 0.3 is 0 Å². The molecule has 0 amide bonds. The van der Waals surface area contributed by atoms with E-state index in [-0.39, 0.29) is 6.62 Å². The number of hydrogen-bond acceptors (Lipinski definition) is 0. The minimum atomic E-state index is 0.0440. The van der Waals surface area contributed by atoms with Crippen molar-refractivity contribution in [3.05, 3.63) is 35.9 Å². The van der Waals surface area contributed by atoms with E-state index in [4.69, 9.17) is 0 Å². The lowest BCUT2D eigenvalue weighted by Crippen LogP contribution is -1.85.